The molecule has 0 aliphatic carbocycles. The summed E-state index contributed by atoms with van der Waals surface area (Å²) in [4.78, 5) is 11.0. The van der Waals surface area contributed by atoms with Gasteiger partial charge in [0.1, 0.15) is 0 Å². The third-order valence-electron chi connectivity index (χ3n) is 1.43. The summed E-state index contributed by atoms with van der Waals surface area (Å²) in [6.07, 6.45) is 0.672. The fraction of sp³-hybridized carbons (Fsp3) is 0.875. The fourth-order valence-corrected chi connectivity index (χ4v) is 0.761. The van der Waals surface area contributed by atoms with Gasteiger partial charge >= 0.3 is 0 Å². The van der Waals surface area contributed by atoms with E-state index in [9.17, 15) is 4.79 Å². The van der Waals surface area contributed by atoms with Crippen LogP contribution in [-0.2, 0) is 9.53 Å². The van der Waals surface area contributed by atoms with Crippen molar-refractivity contribution in [2.45, 2.75) is 6.42 Å². The number of aliphatic hydroxyl groups excluding tert-OH is 1. The topological polar surface area (TPSA) is 70.6 Å². The first-order valence-corrected chi connectivity index (χ1v) is 4.38. The summed E-state index contributed by atoms with van der Waals surface area (Å²) in [5.41, 5.74) is 0. The normalized spacial score (nSPS) is 10.0. The third kappa shape index (κ3) is 9.26. The second-order valence-electron chi connectivity index (χ2n) is 2.60. The van der Waals surface area contributed by atoms with Gasteiger partial charge < -0.3 is 20.5 Å². The summed E-state index contributed by atoms with van der Waals surface area (Å²) in [5, 5.41) is 14.0. The van der Waals surface area contributed by atoms with Gasteiger partial charge in [0, 0.05) is 20.3 Å². The van der Waals surface area contributed by atoms with Crippen molar-refractivity contribution in [2.24, 2.45) is 0 Å². The van der Waals surface area contributed by atoms with Crippen LogP contribution in [0.1, 0.15) is 6.42 Å². The predicted molar refractivity (Wildman–Crippen MR) is 49.5 cm³/mol. The zero-order valence-electron chi connectivity index (χ0n) is 8.01. The van der Waals surface area contributed by atoms with Gasteiger partial charge in [-0.15, -0.1) is 0 Å². The lowest BCUT2D eigenvalue weighted by Gasteiger charge is -2.05. The van der Waals surface area contributed by atoms with Crippen molar-refractivity contribution in [3.8, 4) is 0 Å². The van der Waals surface area contributed by atoms with Gasteiger partial charge in [0.15, 0.2) is 0 Å². The molecule has 0 aromatic carbocycles. The van der Waals surface area contributed by atoms with Crippen LogP contribution < -0.4 is 10.6 Å². The quantitative estimate of drug-likeness (QED) is 0.417. The van der Waals surface area contributed by atoms with Gasteiger partial charge in [0.25, 0.3) is 0 Å². The molecule has 0 aliphatic rings. The van der Waals surface area contributed by atoms with Crippen LogP contribution in [0.15, 0.2) is 0 Å². The van der Waals surface area contributed by atoms with E-state index in [-0.39, 0.29) is 12.5 Å². The van der Waals surface area contributed by atoms with E-state index in [0.29, 0.717) is 32.7 Å². The average molecular weight is 190 g/mol. The molecule has 0 atom stereocenters. The highest BCUT2D eigenvalue weighted by Crippen LogP contribution is 1.72. The van der Waals surface area contributed by atoms with E-state index in [1.807, 2.05) is 0 Å². The smallest absolute Gasteiger partial charge is 0.234 e. The molecule has 0 aliphatic heterocycles. The number of hydrogen-bond acceptors (Lipinski definition) is 4. The standard InChI is InChI=1S/C8H18N2O3/c1-13-6-4-10-8(12)7-9-3-2-5-11/h9,11H,2-7H2,1H3,(H,10,12). The number of carbonyl (C=O) groups excluding carboxylic acids is 1. The second kappa shape index (κ2) is 9.44. The van der Waals surface area contributed by atoms with Crippen molar-refractivity contribution in [3.63, 3.8) is 0 Å². The number of amides is 1. The maximum absolute atomic E-state index is 11.0. The molecule has 0 spiro atoms. The van der Waals surface area contributed by atoms with Crippen molar-refractivity contribution < 1.29 is 14.6 Å². The molecule has 0 saturated heterocycles. The van der Waals surface area contributed by atoms with Crippen LogP contribution in [0.4, 0.5) is 0 Å². The predicted octanol–water partition coefficient (Wildman–Crippen LogP) is -1.28. The maximum Gasteiger partial charge on any atom is 0.234 e. The Labute approximate surface area is 78.5 Å². The van der Waals surface area contributed by atoms with E-state index in [1.54, 1.807) is 7.11 Å². The zero-order chi connectivity index (χ0) is 9.94. The molecule has 0 radical (unpaired) electrons. The second-order valence-corrected chi connectivity index (χ2v) is 2.60. The molecule has 5 nitrogen and oxygen atoms in total. The molecule has 0 saturated carbocycles. The summed E-state index contributed by atoms with van der Waals surface area (Å²) in [6, 6.07) is 0. The van der Waals surface area contributed by atoms with E-state index in [0.717, 1.165) is 0 Å². The van der Waals surface area contributed by atoms with Gasteiger partial charge in [-0.3, -0.25) is 4.79 Å². The Hall–Kier alpha value is -0.650. The molecule has 0 rings (SSSR count). The molecule has 13 heavy (non-hydrogen) atoms. The minimum absolute atomic E-state index is 0.0463. The monoisotopic (exact) mass is 190 g/mol. The van der Waals surface area contributed by atoms with Crippen molar-refractivity contribution in [3.05, 3.63) is 0 Å². The Morgan fingerprint density at radius 3 is 2.85 bits per heavy atom. The summed E-state index contributed by atoms with van der Waals surface area (Å²) in [5.74, 6) is -0.0463. The van der Waals surface area contributed by atoms with Crippen LogP contribution in [-0.4, -0.2) is 51.0 Å². The maximum atomic E-state index is 11.0. The Morgan fingerprint density at radius 2 is 2.23 bits per heavy atom. The molecule has 0 unspecified atom stereocenters. The number of ether oxygens (including phenoxy) is 1. The Morgan fingerprint density at radius 1 is 1.46 bits per heavy atom. The van der Waals surface area contributed by atoms with Gasteiger partial charge in [-0.05, 0) is 13.0 Å². The zero-order valence-corrected chi connectivity index (χ0v) is 8.01. The number of aliphatic hydroxyl groups is 1. The molecular formula is C8H18N2O3. The highest BCUT2D eigenvalue weighted by Gasteiger charge is 1.97. The molecular weight excluding hydrogens is 172 g/mol. The summed E-state index contributed by atoms with van der Waals surface area (Å²) in [6.45, 7) is 2.18. The molecule has 5 heteroatoms. The highest BCUT2D eigenvalue weighted by molar-refractivity contribution is 5.77. The SMILES string of the molecule is COCCNC(=O)CNCCCO. The molecule has 0 bridgehead atoms. The van der Waals surface area contributed by atoms with E-state index in [4.69, 9.17) is 9.84 Å². The number of methoxy groups -OCH3 is 1. The summed E-state index contributed by atoms with van der Waals surface area (Å²) < 4.78 is 4.77. The minimum Gasteiger partial charge on any atom is -0.396 e. The molecule has 1 amide bonds. The Balaban J connectivity index is 3.11. The summed E-state index contributed by atoms with van der Waals surface area (Å²) >= 11 is 0. The van der Waals surface area contributed by atoms with Crippen LogP contribution in [0.2, 0.25) is 0 Å². The van der Waals surface area contributed by atoms with Crippen LogP contribution in [0.3, 0.4) is 0 Å². The molecule has 0 fully saturated rings. The number of hydrogen-bond donors (Lipinski definition) is 3. The molecule has 78 valence electrons. The first-order chi connectivity index (χ1) is 6.31. The van der Waals surface area contributed by atoms with Crippen LogP contribution in [0.25, 0.3) is 0 Å². The van der Waals surface area contributed by atoms with E-state index in [2.05, 4.69) is 10.6 Å². The van der Waals surface area contributed by atoms with Crippen molar-refractivity contribution in [1.82, 2.24) is 10.6 Å². The van der Waals surface area contributed by atoms with Gasteiger partial charge in [-0.2, -0.15) is 0 Å². The molecule has 0 aromatic heterocycles. The van der Waals surface area contributed by atoms with Gasteiger partial charge in [-0.1, -0.05) is 0 Å². The van der Waals surface area contributed by atoms with Gasteiger partial charge in [0.2, 0.25) is 5.91 Å². The van der Waals surface area contributed by atoms with Crippen molar-refractivity contribution in [1.29, 1.82) is 0 Å². The molecule has 0 aromatic rings. The first-order valence-electron chi connectivity index (χ1n) is 4.38. The van der Waals surface area contributed by atoms with Crippen LogP contribution in [0, 0.1) is 0 Å². The average Bonchev–Trinajstić information content (AvgIpc) is 2.13. The lowest BCUT2D eigenvalue weighted by atomic mass is 10.4. The Kier molecular flexibility index (Phi) is 8.97. The lowest BCUT2D eigenvalue weighted by Crippen LogP contribution is -2.36. The fourth-order valence-electron chi connectivity index (χ4n) is 0.761. The molecule has 3 N–H and O–H groups in total. The third-order valence-corrected chi connectivity index (χ3v) is 1.43. The van der Waals surface area contributed by atoms with Gasteiger partial charge in [0.05, 0.1) is 13.2 Å². The van der Waals surface area contributed by atoms with Crippen LogP contribution >= 0.6 is 0 Å². The van der Waals surface area contributed by atoms with Gasteiger partial charge in [-0.25, -0.2) is 0 Å². The van der Waals surface area contributed by atoms with Crippen molar-refractivity contribution >= 4 is 5.91 Å². The number of rotatable bonds is 8. The Bertz CT molecular complexity index is 131. The number of nitrogens with one attached hydrogen (secondary N) is 2. The largest absolute Gasteiger partial charge is 0.396 e. The molecule has 0 heterocycles. The number of carbonyl (C=O) groups is 1. The van der Waals surface area contributed by atoms with Crippen LogP contribution in [0.5, 0.6) is 0 Å². The van der Waals surface area contributed by atoms with Crippen molar-refractivity contribution in [2.75, 3.05) is 40.0 Å². The lowest BCUT2D eigenvalue weighted by molar-refractivity contribution is -0.120. The minimum atomic E-state index is -0.0463. The van der Waals surface area contributed by atoms with E-state index >= 15 is 0 Å². The van der Waals surface area contributed by atoms with E-state index < -0.39 is 0 Å². The summed E-state index contributed by atoms with van der Waals surface area (Å²) in [7, 11) is 1.59. The van der Waals surface area contributed by atoms with E-state index in [1.165, 1.54) is 0 Å². The highest BCUT2D eigenvalue weighted by atomic mass is 16.5. The first kappa shape index (κ1) is 12.3.